The Labute approximate surface area is 120 Å². The molecule has 9 nitrogen and oxygen atoms in total. The summed E-state index contributed by atoms with van der Waals surface area (Å²) in [4.78, 5) is 22.3. The highest BCUT2D eigenvalue weighted by atomic mass is 35.5. The van der Waals surface area contributed by atoms with Crippen LogP contribution >= 0.6 is 11.6 Å². The Bertz CT molecular complexity index is 334. The Hall–Kier alpha value is -1.00. The highest BCUT2D eigenvalue weighted by molar-refractivity contribution is 6.18. The molecular formula is C10H18ClN3O6. The standard InChI is InChI=1S/C10H18ClN3O6/c1-19-8-4-6(16)9(7(5-15)20-8)12-10(17)14(13-18)3-2-11/h6-9,15-16H,2-5H2,1H3,(H,12,17)/t6-,7-,8-,9+/m1/s1. The van der Waals surface area contributed by atoms with Crippen LogP contribution in [0.2, 0.25) is 0 Å². The first-order valence-electron chi connectivity index (χ1n) is 6.01. The zero-order valence-electron chi connectivity index (χ0n) is 10.9. The van der Waals surface area contributed by atoms with Crippen molar-refractivity contribution in [3.05, 3.63) is 4.91 Å². The molecule has 0 aromatic rings. The number of hydrogen-bond donors (Lipinski definition) is 3. The fourth-order valence-electron chi connectivity index (χ4n) is 1.90. The number of ether oxygens (including phenoxy) is 2. The van der Waals surface area contributed by atoms with Gasteiger partial charge in [0.15, 0.2) is 6.29 Å². The van der Waals surface area contributed by atoms with E-state index in [1.807, 2.05) is 0 Å². The molecule has 0 spiro atoms. The van der Waals surface area contributed by atoms with Crippen LogP contribution < -0.4 is 5.32 Å². The van der Waals surface area contributed by atoms with Gasteiger partial charge in [-0.1, -0.05) is 0 Å². The molecule has 0 bridgehead atoms. The quantitative estimate of drug-likeness (QED) is 0.342. The van der Waals surface area contributed by atoms with Gasteiger partial charge >= 0.3 is 6.03 Å². The topological polar surface area (TPSA) is 121 Å². The van der Waals surface area contributed by atoms with E-state index >= 15 is 0 Å². The lowest BCUT2D eigenvalue weighted by Gasteiger charge is -2.38. The molecule has 116 valence electrons. The van der Waals surface area contributed by atoms with Crippen molar-refractivity contribution in [2.75, 3.05) is 26.1 Å². The van der Waals surface area contributed by atoms with Gasteiger partial charge in [-0.15, -0.1) is 16.5 Å². The Kier molecular flexibility index (Phi) is 7.10. The van der Waals surface area contributed by atoms with Crippen LogP contribution in [0.15, 0.2) is 5.29 Å². The molecule has 10 heteroatoms. The molecule has 0 radical (unpaired) electrons. The Morgan fingerprint density at radius 1 is 1.65 bits per heavy atom. The first kappa shape index (κ1) is 17.1. The molecule has 2 amide bonds. The van der Waals surface area contributed by atoms with E-state index < -0.39 is 37.2 Å². The van der Waals surface area contributed by atoms with Gasteiger partial charge in [0.25, 0.3) is 0 Å². The van der Waals surface area contributed by atoms with Gasteiger partial charge in [-0.2, -0.15) is 5.01 Å². The van der Waals surface area contributed by atoms with Crippen molar-refractivity contribution in [2.24, 2.45) is 5.29 Å². The summed E-state index contributed by atoms with van der Waals surface area (Å²) in [6, 6.07) is -1.69. The van der Waals surface area contributed by atoms with Gasteiger partial charge in [0.1, 0.15) is 6.10 Å². The van der Waals surface area contributed by atoms with Crippen LogP contribution in [0.5, 0.6) is 0 Å². The number of urea groups is 1. The summed E-state index contributed by atoms with van der Waals surface area (Å²) < 4.78 is 10.3. The van der Waals surface area contributed by atoms with Crippen molar-refractivity contribution in [1.29, 1.82) is 0 Å². The second-order valence-corrected chi connectivity index (χ2v) is 4.57. The average molecular weight is 312 g/mol. The minimum absolute atomic E-state index is 0.0397. The van der Waals surface area contributed by atoms with E-state index in [4.69, 9.17) is 21.1 Å². The van der Waals surface area contributed by atoms with E-state index in [2.05, 4.69) is 10.6 Å². The smallest absolute Gasteiger partial charge is 0.340 e. The minimum atomic E-state index is -0.987. The Morgan fingerprint density at radius 3 is 2.85 bits per heavy atom. The highest BCUT2D eigenvalue weighted by Crippen LogP contribution is 2.21. The van der Waals surface area contributed by atoms with Gasteiger partial charge in [0.05, 0.1) is 30.6 Å². The van der Waals surface area contributed by atoms with Crippen LogP contribution in [0.3, 0.4) is 0 Å². The van der Waals surface area contributed by atoms with E-state index in [-0.39, 0.29) is 18.8 Å². The van der Waals surface area contributed by atoms with Gasteiger partial charge in [-0.05, 0) is 0 Å². The number of carbonyl (C=O) groups excluding carboxylic acids is 1. The Morgan fingerprint density at radius 2 is 2.35 bits per heavy atom. The molecule has 1 aliphatic heterocycles. The molecular weight excluding hydrogens is 294 g/mol. The summed E-state index contributed by atoms with van der Waals surface area (Å²) in [5.74, 6) is 0.0397. The second-order valence-electron chi connectivity index (χ2n) is 4.19. The Balaban J connectivity index is 2.68. The maximum absolute atomic E-state index is 11.8. The summed E-state index contributed by atoms with van der Waals surface area (Å²) >= 11 is 5.43. The maximum Gasteiger partial charge on any atom is 0.340 e. The van der Waals surface area contributed by atoms with Crippen molar-refractivity contribution < 1.29 is 24.5 Å². The number of amides is 2. The molecule has 1 saturated heterocycles. The number of halogens is 1. The first-order chi connectivity index (χ1) is 9.57. The average Bonchev–Trinajstić information content (AvgIpc) is 2.46. The van der Waals surface area contributed by atoms with Gasteiger partial charge in [0, 0.05) is 19.4 Å². The first-order valence-corrected chi connectivity index (χ1v) is 6.55. The summed E-state index contributed by atoms with van der Waals surface area (Å²) in [5, 5.41) is 24.7. The number of alkyl halides is 1. The molecule has 0 unspecified atom stereocenters. The number of aliphatic hydroxyl groups is 2. The third kappa shape index (κ3) is 4.25. The van der Waals surface area contributed by atoms with Gasteiger partial charge in [-0.3, -0.25) is 0 Å². The van der Waals surface area contributed by atoms with Crippen LogP contribution in [0, 0.1) is 4.91 Å². The number of carbonyl (C=O) groups is 1. The molecule has 0 aromatic heterocycles. The molecule has 0 aliphatic carbocycles. The van der Waals surface area contributed by atoms with Crippen molar-refractivity contribution in [3.8, 4) is 0 Å². The lowest BCUT2D eigenvalue weighted by atomic mass is 9.99. The SMILES string of the molecule is CO[C@H]1C[C@@H](O)[C@H](NC(=O)N(CCCl)N=O)[C@@H](CO)O1. The van der Waals surface area contributed by atoms with Crippen LogP contribution in [0.1, 0.15) is 6.42 Å². The highest BCUT2D eigenvalue weighted by Gasteiger charge is 2.39. The van der Waals surface area contributed by atoms with Crippen molar-refractivity contribution >= 4 is 17.6 Å². The predicted molar refractivity (Wildman–Crippen MR) is 68.9 cm³/mol. The number of hydrogen-bond acceptors (Lipinski definition) is 7. The summed E-state index contributed by atoms with van der Waals surface area (Å²) in [6.07, 6.45) is -2.38. The monoisotopic (exact) mass is 311 g/mol. The largest absolute Gasteiger partial charge is 0.394 e. The second kappa shape index (κ2) is 8.32. The van der Waals surface area contributed by atoms with Gasteiger partial charge < -0.3 is 25.0 Å². The molecule has 1 fully saturated rings. The van der Waals surface area contributed by atoms with E-state index in [0.29, 0.717) is 5.01 Å². The zero-order valence-corrected chi connectivity index (χ0v) is 11.7. The van der Waals surface area contributed by atoms with Gasteiger partial charge in [-0.25, -0.2) is 4.79 Å². The lowest BCUT2D eigenvalue weighted by molar-refractivity contribution is -0.220. The van der Waals surface area contributed by atoms with Crippen molar-refractivity contribution in [1.82, 2.24) is 10.3 Å². The van der Waals surface area contributed by atoms with Crippen LogP contribution in [-0.4, -0.2) is 71.9 Å². The molecule has 4 atom stereocenters. The molecule has 20 heavy (non-hydrogen) atoms. The zero-order chi connectivity index (χ0) is 15.1. The molecule has 1 rings (SSSR count). The number of nitroso groups, excluding NO2 is 1. The lowest BCUT2D eigenvalue weighted by Crippen LogP contribution is -2.60. The van der Waals surface area contributed by atoms with E-state index in [1.165, 1.54) is 7.11 Å². The molecule has 0 saturated carbocycles. The van der Waals surface area contributed by atoms with Crippen LogP contribution in [0.4, 0.5) is 4.79 Å². The maximum atomic E-state index is 11.8. The third-order valence-electron chi connectivity index (χ3n) is 2.94. The predicted octanol–water partition coefficient (Wildman–Crippen LogP) is -0.599. The summed E-state index contributed by atoms with van der Waals surface area (Å²) in [6.45, 7) is -0.489. The fraction of sp³-hybridized carbons (Fsp3) is 0.900. The van der Waals surface area contributed by atoms with Crippen molar-refractivity contribution in [2.45, 2.75) is 31.0 Å². The molecule has 0 aromatic carbocycles. The van der Waals surface area contributed by atoms with Gasteiger partial charge in [0.2, 0.25) is 0 Å². The number of nitrogens with zero attached hydrogens (tertiary/aromatic N) is 2. The summed E-state index contributed by atoms with van der Waals surface area (Å²) in [7, 11) is 1.41. The summed E-state index contributed by atoms with van der Waals surface area (Å²) in [5.41, 5.74) is 0. The number of aliphatic hydroxyl groups excluding tert-OH is 2. The number of methoxy groups -OCH3 is 1. The van der Waals surface area contributed by atoms with E-state index in [9.17, 15) is 19.9 Å². The normalized spacial score (nSPS) is 29.8. The minimum Gasteiger partial charge on any atom is -0.394 e. The molecule has 1 aliphatic rings. The third-order valence-corrected chi connectivity index (χ3v) is 3.11. The van der Waals surface area contributed by atoms with Crippen molar-refractivity contribution in [3.63, 3.8) is 0 Å². The van der Waals surface area contributed by atoms with E-state index in [0.717, 1.165) is 0 Å². The van der Waals surface area contributed by atoms with Crippen LogP contribution in [0.25, 0.3) is 0 Å². The molecule has 1 heterocycles. The fourth-order valence-corrected chi connectivity index (χ4v) is 2.06. The van der Waals surface area contributed by atoms with E-state index in [1.54, 1.807) is 0 Å². The molecule has 3 N–H and O–H groups in total. The number of nitrogens with one attached hydrogen (secondary N) is 1. The van der Waals surface area contributed by atoms with Crippen LogP contribution in [-0.2, 0) is 9.47 Å². The number of rotatable bonds is 6.